The number of fused-ring (bicyclic) bond motifs is 1. The number of nitrogens with one attached hydrogen (secondary N) is 2. The highest BCUT2D eigenvalue weighted by molar-refractivity contribution is 9.10. The molecule has 1 aliphatic carbocycles. The lowest BCUT2D eigenvalue weighted by Gasteiger charge is -2.30. The van der Waals surface area contributed by atoms with Crippen LogP contribution in [0.3, 0.4) is 0 Å². The van der Waals surface area contributed by atoms with E-state index in [9.17, 15) is 9.90 Å². The fourth-order valence-electron chi connectivity index (χ4n) is 5.29. The van der Waals surface area contributed by atoms with E-state index in [0.717, 1.165) is 28.2 Å². The van der Waals surface area contributed by atoms with Gasteiger partial charge in [-0.25, -0.2) is 0 Å². The van der Waals surface area contributed by atoms with Crippen LogP contribution in [0.25, 0.3) is 0 Å². The van der Waals surface area contributed by atoms with E-state index in [-0.39, 0.29) is 23.6 Å². The summed E-state index contributed by atoms with van der Waals surface area (Å²) in [5.41, 5.74) is 5.20. The van der Waals surface area contributed by atoms with E-state index < -0.39 is 6.04 Å². The number of halogens is 1. The number of rotatable bonds is 7. The van der Waals surface area contributed by atoms with Gasteiger partial charge in [-0.15, -0.1) is 0 Å². The molecule has 0 spiro atoms. The number of phenols is 1. The summed E-state index contributed by atoms with van der Waals surface area (Å²) in [6.45, 7) is 6.23. The molecule has 0 amide bonds. The number of anilines is 2. The van der Waals surface area contributed by atoms with Crippen molar-refractivity contribution < 1.29 is 24.1 Å². The molecule has 7 nitrogen and oxygen atoms in total. The molecule has 0 radical (unpaired) electrons. The van der Waals surface area contributed by atoms with Crippen molar-refractivity contribution >= 4 is 33.1 Å². The Bertz CT molecular complexity index is 1430. The van der Waals surface area contributed by atoms with E-state index in [1.165, 1.54) is 0 Å². The summed E-state index contributed by atoms with van der Waals surface area (Å²) in [4.78, 5) is 13.9. The van der Waals surface area contributed by atoms with Crippen molar-refractivity contribution in [1.29, 1.82) is 0 Å². The zero-order valence-electron chi connectivity index (χ0n) is 22.5. The largest absolute Gasteiger partial charge is 0.503 e. The molecule has 3 aromatic carbocycles. The highest BCUT2D eigenvalue weighted by atomic mass is 79.9. The Morgan fingerprint density at radius 3 is 2.46 bits per heavy atom. The fourth-order valence-corrected chi connectivity index (χ4v) is 5.75. The van der Waals surface area contributed by atoms with E-state index in [1.807, 2.05) is 69.3 Å². The number of phenolic OH excluding ortho intramolecular Hbond substituents is 1. The molecule has 1 heterocycles. The number of methoxy groups -OCH3 is 1. The molecular formula is C31H33BrN2O5. The van der Waals surface area contributed by atoms with Crippen LogP contribution in [-0.4, -0.2) is 30.7 Å². The van der Waals surface area contributed by atoms with Crippen LogP contribution in [0.2, 0.25) is 0 Å². The van der Waals surface area contributed by atoms with E-state index >= 15 is 0 Å². The minimum absolute atomic E-state index is 0.0246. The quantitative estimate of drug-likeness (QED) is 0.264. The van der Waals surface area contributed by atoms with Crippen molar-refractivity contribution in [2.24, 2.45) is 0 Å². The normalized spacial score (nSPS) is 18.5. The summed E-state index contributed by atoms with van der Waals surface area (Å²) in [6.07, 6.45) is 1.04. The molecule has 2 unspecified atom stereocenters. The third kappa shape index (κ3) is 5.43. The number of allylic oxidation sites excluding steroid dienone is 1. The molecule has 0 fully saturated rings. The Labute approximate surface area is 237 Å². The minimum atomic E-state index is -0.433. The molecule has 0 bridgehead atoms. The maximum Gasteiger partial charge on any atom is 0.172 e. The molecular weight excluding hydrogens is 560 g/mol. The molecule has 5 rings (SSSR count). The number of carbonyl (C=O) groups excluding carboxylic acids is 1. The van der Waals surface area contributed by atoms with Gasteiger partial charge in [0, 0.05) is 17.7 Å². The molecule has 8 heteroatoms. The molecule has 0 saturated carbocycles. The lowest BCUT2D eigenvalue weighted by Crippen LogP contribution is -2.27. The van der Waals surface area contributed by atoms with Gasteiger partial charge in [0.25, 0.3) is 0 Å². The third-order valence-corrected chi connectivity index (χ3v) is 7.62. The summed E-state index contributed by atoms with van der Waals surface area (Å²) >= 11 is 3.47. The summed E-state index contributed by atoms with van der Waals surface area (Å²) in [6, 6.07) is 17.1. The molecule has 3 N–H and O–H groups in total. The molecule has 0 aromatic heterocycles. The molecule has 204 valence electrons. The van der Waals surface area contributed by atoms with Crippen LogP contribution < -0.4 is 24.8 Å². The lowest BCUT2D eigenvalue weighted by atomic mass is 9.78. The zero-order valence-corrected chi connectivity index (χ0v) is 24.1. The number of aromatic hydroxyl groups is 1. The van der Waals surface area contributed by atoms with Crippen LogP contribution in [-0.2, 0) is 4.79 Å². The van der Waals surface area contributed by atoms with Crippen molar-refractivity contribution in [3.8, 4) is 23.0 Å². The maximum absolute atomic E-state index is 13.9. The van der Waals surface area contributed by atoms with Gasteiger partial charge in [0.05, 0.1) is 41.7 Å². The van der Waals surface area contributed by atoms with Crippen LogP contribution in [0.15, 0.2) is 70.3 Å². The van der Waals surface area contributed by atoms with Gasteiger partial charge in [0.2, 0.25) is 0 Å². The first kappa shape index (κ1) is 26.9. The van der Waals surface area contributed by atoms with Gasteiger partial charge in [0.1, 0.15) is 0 Å². The predicted molar refractivity (Wildman–Crippen MR) is 156 cm³/mol. The number of benzene rings is 3. The van der Waals surface area contributed by atoms with Crippen LogP contribution in [0.5, 0.6) is 23.0 Å². The molecule has 39 heavy (non-hydrogen) atoms. The van der Waals surface area contributed by atoms with Gasteiger partial charge in [-0.1, -0.05) is 18.2 Å². The van der Waals surface area contributed by atoms with E-state index in [2.05, 4.69) is 26.6 Å². The molecule has 2 atom stereocenters. The monoisotopic (exact) mass is 592 g/mol. The van der Waals surface area contributed by atoms with Crippen molar-refractivity contribution in [3.05, 3.63) is 81.5 Å². The zero-order chi connectivity index (χ0) is 27.7. The van der Waals surface area contributed by atoms with Crippen molar-refractivity contribution in [2.75, 3.05) is 24.4 Å². The van der Waals surface area contributed by atoms with Gasteiger partial charge in [-0.3, -0.25) is 4.79 Å². The summed E-state index contributed by atoms with van der Waals surface area (Å²) in [7, 11) is 1.63. The van der Waals surface area contributed by atoms with Crippen molar-refractivity contribution in [1.82, 2.24) is 0 Å². The fraction of sp³-hybridized carbons (Fsp3) is 0.323. The van der Waals surface area contributed by atoms with Gasteiger partial charge >= 0.3 is 0 Å². The van der Waals surface area contributed by atoms with Crippen LogP contribution in [0.4, 0.5) is 11.4 Å². The topological polar surface area (TPSA) is 89.1 Å². The van der Waals surface area contributed by atoms with E-state index in [1.54, 1.807) is 13.2 Å². The average Bonchev–Trinajstić information content (AvgIpc) is 3.08. The Hall–Kier alpha value is -3.65. The first-order valence-electron chi connectivity index (χ1n) is 13.2. The summed E-state index contributed by atoms with van der Waals surface area (Å²) in [5, 5.41) is 17.7. The Morgan fingerprint density at radius 2 is 1.74 bits per heavy atom. The first-order chi connectivity index (χ1) is 18.8. The number of ketones is 1. The second-order valence-corrected chi connectivity index (χ2v) is 10.9. The highest BCUT2D eigenvalue weighted by Crippen LogP contribution is 2.47. The summed E-state index contributed by atoms with van der Waals surface area (Å²) in [5.74, 6) is 1.78. The lowest BCUT2D eigenvalue weighted by molar-refractivity contribution is -0.116. The van der Waals surface area contributed by atoms with Crippen LogP contribution >= 0.6 is 15.9 Å². The smallest absolute Gasteiger partial charge is 0.172 e. The Kier molecular flexibility index (Phi) is 7.75. The van der Waals surface area contributed by atoms with Crippen molar-refractivity contribution in [3.63, 3.8) is 0 Å². The third-order valence-electron chi connectivity index (χ3n) is 7.01. The van der Waals surface area contributed by atoms with Gasteiger partial charge < -0.3 is 30.0 Å². The second-order valence-electron chi connectivity index (χ2n) is 10.0. The molecule has 0 saturated heterocycles. The standard InChI is InChI=1S/C31H33BrN2O5/c1-5-38-28-16-20(12-21(32)31(28)36)30-29-24(33-22-8-6-7-9-23(22)34-30)13-19(14-25(29)35)18-10-11-26(39-17(2)3)27(15-18)37-4/h6-12,15-17,19,30,33-34,36H,5,13-14H2,1-4H3. The van der Waals surface area contributed by atoms with Gasteiger partial charge in [-0.2, -0.15) is 0 Å². The average molecular weight is 594 g/mol. The number of carbonyl (C=O) groups is 1. The molecule has 3 aromatic rings. The molecule has 2 aliphatic rings. The summed E-state index contributed by atoms with van der Waals surface area (Å²) < 4.78 is 17.7. The predicted octanol–water partition coefficient (Wildman–Crippen LogP) is 7.33. The Balaban J connectivity index is 1.57. The van der Waals surface area contributed by atoms with E-state index in [4.69, 9.17) is 14.2 Å². The molecule has 1 aliphatic heterocycles. The van der Waals surface area contributed by atoms with E-state index in [0.29, 0.717) is 46.7 Å². The van der Waals surface area contributed by atoms with Crippen molar-refractivity contribution in [2.45, 2.75) is 51.7 Å². The second kappa shape index (κ2) is 11.2. The first-order valence-corrected chi connectivity index (χ1v) is 14.0. The van der Waals surface area contributed by atoms with Gasteiger partial charge in [-0.05, 0) is 96.6 Å². The number of ether oxygens (including phenoxy) is 3. The maximum atomic E-state index is 13.9. The highest BCUT2D eigenvalue weighted by Gasteiger charge is 2.37. The van der Waals surface area contributed by atoms with Gasteiger partial charge in [0.15, 0.2) is 28.8 Å². The van der Waals surface area contributed by atoms with Crippen LogP contribution in [0.1, 0.15) is 56.7 Å². The Morgan fingerprint density at radius 1 is 1.00 bits per heavy atom. The van der Waals surface area contributed by atoms with Crippen LogP contribution in [0, 0.1) is 0 Å². The number of hydrogen-bond acceptors (Lipinski definition) is 7. The number of para-hydroxylation sites is 2. The minimum Gasteiger partial charge on any atom is -0.503 e. The SMILES string of the molecule is CCOc1cc(C2Nc3ccccc3NC3=C2C(=O)CC(c2ccc(OC(C)C)c(OC)c2)C3)cc(Br)c1O. The number of hydrogen-bond donors (Lipinski definition) is 3. The number of Topliss-reactive ketones (excluding diaryl/α,β-unsaturated/α-hetero) is 1.